The van der Waals surface area contributed by atoms with Gasteiger partial charge in [-0.2, -0.15) is 0 Å². The monoisotopic (exact) mass is 561 g/mol. The van der Waals surface area contributed by atoms with E-state index in [-0.39, 0.29) is 31.4 Å². The Balaban J connectivity index is 3.51. The summed E-state index contributed by atoms with van der Waals surface area (Å²) in [5, 5.41) is 5.63. The van der Waals surface area contributed by atoms with E-state index >= 15 is 0 Å². The number of unbranched alkanes of at least 4 members (excludes halogenated alkanes) is 2. The summed E-state index contributed by atoms with van der Waals surface area (Å²) in [5.41, 5.74) is 2.00. The minimum absolute atomic E-state index is 0.0265. The number of benzene rings is 1. The SMILES string of the molecule is CCCCCN(C(=O)C(NC(=O)OC(C)(C)C)C(C)CC)C(C(=O)NCCC(=O)OCC)c1ccc(C)c(C)c1. The van der Waals surface area contributed by atoms with Crippen molar-refractivity contribution < 1.29 is 28.7 Å². The zero-order chi connectivity index (χ0) is 30.5. The second-order valence-electron chi connectivity index (χ2n) is 11.3. The molecule has 0 bridgehead atoms. The molecule has 0 heterocycles. The zero-order valence-electron chi connectivity index (χ0n) is 26.0. The highest BCUT2D eigenvalue weighted by Crippen LogP contribution is 2.27. The van der Waals surface area contributed by atoms with Crippen molar-refractivity contribution in [3.63, 3.8) is 0 Å². The van der Waals surface area contributed by atoms with Gasteiger partial charge in [0.15, 0.2) is 0 Å². The maximum Gasteiger partial charge on any atom is 0.408 e. The third-order valence-corrected chi connectivity index (χ3v) is 6.78. The summed E-state index contributed by atoms with van der Waals surface area (Å²) in [6.07, 6.45) is 2.49. The first-order valence-electron chi connectivity index (χ1n) is 14.6. The first kappa shape index (κ1) is 34.9. The molecule has 1 aromatic carbocycles. The fourth-order valence-electron chi connectivity index (χ4n) is 4.22. The van der Waals surface area contributed by atoms with E-state index in [1.165, 1.54) is 0 Å². The molecule has 0 aliphatic carbocycles. The van der Waals surface area contributed by atoms with Gasteiger partial charge in [0.05, 0.1) is 13.0 Å². The van der Waals surface area contributed by atoms with Gasteiger partial charge in [0.25, 0.3) is 0 Å². The molecule has 0 aromatic heterocycles. The summed E-state index contributed by atoms with van der Waals surface area (Å²) in [7, 11) is 0. The number of ether oxygens (including phenoxy) is 2. The number of esters is 1. The second-order valence-corrected chi connectivity index (χ2v) is 11.3. The molecule has 3 amide bonds. The van der Waals surface area contributed by atoms with Crippen molar-refractivity contribution in [2.45, 2.75) is 112 Å². The molecule has 9 heteroatoms. The second kappa shape index (κ2) is 16.9. The van der Waals surface area contributed by atoms with Crippen LogP contribution in [0.15, 0.2) is 18.2 Å². The van der Waals surface area contributed by atoms with Crippen molar-refractivity contribution in [2.75, 3.05) is 19.7 Å². The number of nitrogens with zero attached hydrogens (tertiary/aromatic N) is 1. The van der Waals surface area contributed by atoms with Gasteiger partial charge in [-0.25, -0.2) is 4.79 Å². The van der Waals surface area contributed by atoms with E-state index in [4.69, 9.17) is 9.47 Å². The number of alkyl carbamates (subject to hydrolysis) is 1. The summed E-state index contributed by atoms with van der Waals surface area (Å²) < 4.78 is 10.4. The number of nitrogens with one attached hydrogen (secondary N) is 2. The largest absolute Gasteiger partial charge is 0.466 e. The molecule has 0 aliphatic heterocycles. The van der Waals surface area contributed by atoms with Crippen LogP contribution in [0.3, 0.4) is 0 Å². The molecular weight excluding hydrogens is 510 g/mol. The Kier molecular flexibility index (Phi) is 14.7. The van der Waals surface area contributed by atoms with Crippen LogP contribution < -0.4 is 10.6 Å². The van der Waals surface area contributed by atoms with Crippen LogP contribution in [0.1, 0.15) is 103 Å². The number of rotatable bonds is 15. The van der Waals surface area contributed by atoms with E-state index in [2.05, 4.69) is 17.6 Å². The summed E-state index contributed by atoms with van der Waals surface area (Å²) >= 11 is 0. The molecule has 0 fully saturated rings. The molecule has 9 nitrogen and oxygen atoms in total. The smallest absolute Gasteiger partial charge is 0.408 e. The van der Waals surface area contributed by atoms with Crippen molar-refractivity contribution in [3.05, 3.63) is 34.9 Å². The standard InChI is InChI=1S/C31H51N3O6/c1-10-13-14-19-34(29(37)26(21(4)11-2)33-30(38)40-31(7,8)9)27(24-16-15-22(5)23(6)20-24)28(36)32-18-17-25(35)39-12-3/h15-16,20-21,26-27H,10-14,17-19H2,1-9H3,(H,32,36)(H,33,38). The molecule has 1 aromatic rings. The van der Waals surface area contributed by atoms with Gasteiger partial charge in [-0.15, -0.1) is 0 Å². The summed E-state index contributed by atoms with van der Waals surface area (Å²) in [5.74, 6) is -1.35. The molecular formula is C31H51N3O6. The van der Waals surface area contributed by atoms with Crippen LogP contribution in [0.5, 0.6) is 0 Å². The minimum atomic E-state index is -0.946. The minimum Gasteiger partial charge on any atom is -0.466 e. The van der Waals surface area contributed by atoms with Gasteiger partial charge >= 0.3 is 12.1 Å². The first-order valence-corrected chi connectivity index (χ1v) is 14.6. The van der Waals surface area contributed by atoms with Crippen LogP contribution >= 0.6 is 0 Å². The fraction of sp³-hybridized carbons (Fsp3) is 0.677. The molecule has 226 valence electrons. The number of hydrogen-bond donors (Lipinski definition) is 2. The highest BCUT2D eigenvalue weighted by atomic mass is 16.6. The number of amides is 3. The number of hydrogen-bond acceptors (Lipinski definition) is 6. The van der Waals surface area contributed by atoms with Crippen molar-refractivity contribution in [1.82, 2.24) is 15.5 Å². The van der Waals surface area contributed by atoms with Crippen LogP contribution in [-0.2, 0) is 23.9 Å². The Bertz CT molecular complexity index is 988. The van der Waals surface area contributed by atoms with Gasteiger partial charge in [0, 0.05) is 13.1 Å². The lowest BCUT2D eigenvalue weighted by atomic mass is 9.94. The van der Waals surface area contributed by atoms with E-state index in [0.29, 0.717) is 24.9 Å². The van der Waals surface area contributed by atoms with Crippen LogP contribution in [0.25, 0.3) is 0 Å². The van der Waals surface area contributed by atoms with Gasteiger partial charge in [0.1, 0.15) is 17.7 Å². The summed E-state index contributed by atoms with van der Waals surface area (Å²) in [6, 6.07) is 3.88. The summed E-state index contributed by atoms with van der Waals surface area (Å²) in [4.78, 5) is 54.3. The lowest BCUT2D eigenvalue weighted by Gasteiger charge is -2.36. The average Bonchev–Trinajstić information content (AvgIpc) is 2.87. The molecule has 0 spiro atoms. The lowest BCUT2D eigenvalue weighted by molar-refractivity contribution is -0.145. The van der Waals surface area contributed by atoms with Gasteiger partial charge < -0.3 is 25.0 Å². The molecule has 0 aliphatic rings. The van der Waals surface area contributed by atoms with E-state index in [1.807, 2.05) is 45.9 Å². The molecule has 3 unspecified atom stereocenters. The van der Waals surface area contributed by atoms with Crippen molar-refractivity contribution in [1.29, 1.82) is 0 Å². The topological polar surface area (TPSA) is 114 Å². The van der Waals surface area contributed by atoms with Crippen molar-refractivity contribution in [3.8, 4) is 0 Å². The maximum absolute atomic E-state index is 14.3. The predicted molar refractivity (Wildman–Crippen MR) is 157 cm³/mol. The highest BCUT2D eigenvalue weighted by Gasteiger charge is 2.38. The van der Waals surface area contributed by atoms with Crippen LogP contribution in [0.2, 0.25) is 0 Å². The van der Waals surface area contributed by atoms with Crippen molar-refractivity contribution in [2.24, 2.45) is 5.92 Å². The van der Waals surface area contributed by atoms with Gasteiger partial charge in [-0.1, -0.05) is 58.2 Å². The Labute approximate surface area is 240 Å². The van der Waals surface area contributed by atoms with E-state index in [0.717, 1.165) is 24.0 Å². The zero-order valence-corrected chi connectivity index (χ0v) is 26.0. The van der Waals surface area contributed by atoms with Crippen LogP contribution in [0.4, 0.5) is 4.79 Å². The number of carbonyl (C=O) groups excluding carboxylic acids is 4. The Hall–Kier alpha value is -3.10. The normalized spacial score (nSPS) is 13.5. The fourth-order valence-corrected chi connectivity index (χ4v) is 4.22. The van der Waals surface area contributed by atoms with Gasteiger partial charge in [-0.05, 0) is 70.6 Å². The van der Waals surface area contributed by atoms with Crippen LogP contribution in [0, 0.1) is 19.8 Å². The molecule has 1 rings (SSSR count). The third-order valence-electron chi connectivity index (χ3n) is 6.78. The van der Waals surface area contributed by atoms with E-state index < -0.39 is 35.7 Å². The number of aryl methyl sites for hydroxylation is 2. The molecule has 3 atom stereocenters. The maximum atomic E-state index is 14.3. The van der Waals surface area contributed by atoms with E-state index in [1.54, 1.807) is 32.6 Å². The molecule has 40 heavy (non-hydrogen) atoms. The first-order chi connectivity index (χ1) is 18.7. The Morgan fingerprint density at radius 1 is 1.00 bits per heavy atom. The van der Waals surface area contributed by atoms with Gasteiger partial charge in [-0.3, -0.25) is 14.4 Å². The quantitative estimate of drug-likeness (QED) is 0.220. The Morgan fingerprint density at radius 3 is 2.23 bits per heavy atom. The van der Waals surface area contributed by atoms with E-state index in [9.17, 15) is 19.2 Å². The van der Waals surface area contributed by atoms with Crippen molar-refractivity contribution >= 4 is 23.9 Å². The summed E-state index contributed by atoms with van der Waals surface area (Å²) in [6.45, 7) is 17.6. The Morgan fingerprint density at radius 2 is 1.68 bits per heavy atom. The molecule has 0 radical (unpaired) electrons. The number of carbonyl (C=O) groups is 4. The predicted octanol–water partition coefficient (Wildman–Crippen LogP) is 5.37. The molecule has 0 saturated carbocycles. The third kappa shape index (κ3) is 11.6. The van der Waals surface area contributed by atoms with Gasteiger partial charge in [0.2, 0.25) is 11.8 Å². The molecule has 0 saturated heterocycles. The highest BCUT2D eigenvalue weighted by molar-refractivity contribution is 5.92. The molecule has 2 N–H and O–H groups in total. The average molecular weight is 562 g/mol. The van der Waals surface area contributed by atoms with Crippen LogP contribution in [-0.4, -0.2) is 60.1 Å². The lowest BCUT2D eigenvalue weighted by Crippen LogP contribution is -2.55.